The second kappa shape index (κ2) is 11.6. The number of benzene rings is 2. The largest absolute Gasteiger partial charge is 0.386 e. The average Bonchev–Trinajstić information content (AvgIpc) is 2.87. The van der Waals surface area contributed by atoms with Crippen LogP contribution in [0.25, 0.3) is 0 Å². The Bertz CT molecular complexity index is 943. The van der Waals surface area contributed by atoms with Crippen molar-refractivity contribution < 1.29 is 33.6 Å². The van der Waals surface area contributed by atoms with Crippen molar-refractivity contribution in [1.29, 1.82) is 0 Å². The molecule has 190 valence electrons. The molecule has 0 aromatic heterocycles. The third-order valence-electron chi connectivity index (χ3n) is 6.06. The van der Waals surface area contributed by atoms with E-state index in [0.717, 1.165) is 11.1 Å². The molecule has 0 bridgehead atoms. The summed E-state index contributed by atoms with van der Waals surface area (Å²) in [5, 5.41) is 13.3. The molecule has 2 aromatic rings. The molecule has 0 unspecified atom stereocenters. The van der Waals surface area contributed by atoms with Gasteiger partial charge in [-0.25, -0.2) is 0 Å². The Morgan fingerprint density at radius 1 is 1.11 bits per heavy atom. The van der Waals surface area contributed by atoms with Crippen LogP contribution in [0.1, 0.15) is 31.3 Å². The van der Waals surface area contributed by atoms with Gasteiger partial charge in [0.2, 0.25) is 5.91 Å². The summed E-state index contributed by atoms with van der Waals surface area (Å²) in [6.07, 6.45) is -3.16. The van der Waals surface area contributed by atoms with E-state index in [2.05, 4.69) is 5.32 Å². The van der Waals surface area contributed by atoms with Crippen LogP contribution in [-0.2, 0) is 35.1 Å². The fourth-order valence-corrected chi connectivity index (χ4v) is 4.17. The van der Waals surface area contributed by atoms with E-state index in [1.807, 2.05) is 60.7 Å². The summed E-state index contributed by atoms with van der Waals surface area (Å²) < 4.78 is 30.8. The molecule has 0 spiro atoms. The maximum absolute atomic E-state index is 12.2. The van der Waals surface area contributed by atoms with Crippen LogP contribution in [0.4, 0.5) is 0 Å². The van der Waals surface area contributed by atoms with Crippen LogP contribution in [-0.4, -0.2) is 67.0 Å². The van der Waals surface area contributed by atoms with Crippen LogP contribution in [0.3, 0.4) is 0 Å². The van der Waals surface area contributed by atoms with Gasteiger partial charge < -0.3 is 39.8 Å². The maximum Gasteiger partial charge on any atom is 0.217 e. The zero-order chi connectivity index (χ0) is 24.8. The topological polar surface area (TPSA) is 122 Å². The van der Waals surface area contributed by atoms with Crippen molar-refractivity contribution in [3.63, 3.8) is 0 Å². The van der Waals surface area contributed by atoms with Gasteiger partial charge in [0.05, 0.1) is 25.4 Å². The van der Waals surface area contributed by atoms with Crippen LogP contribution in [0.2, 0.25) is 0 Å². The van der Waals surface area contributed by atoms with Crippen molar-refractivity contribution in [2.45, 2.75) is 63.0 Å². The molecule has 0 saturated carbocycles. The molecule has 2 aliphatic rings. The summed E-state index contributed by atoms with van der Waals surface area (Å²) >= 11 is 0. The van der Waals surface area contributed by atoms with Crippen LogP contribution in [0.15, 0.2) is 60.7 Å². The van der Waals surface area contributed by atoms with E-state index in [1.54, 1.807) is 6.92 Å². The lowest BCUT2D eigenvalue weighted by Gasteiger charge is -2.49. The van der Waals surface area contributed by atoms with Gasteiger partial charge in [-0.05, 0) is 12.5 Å². The fourth-order valence-electron chi connectivity index (χ4n) is 4.17. The minimum Gasteiger partial charge on any atom is -0.386 e. The van der Waals surface area contributed by atoms with Gasteiger partial charge in [-0.2, -0.15) is 0 Å². The van der Waals surface area contributed by atoms with Crippen LogP contribution >= 0.6 is 0 Å². The Hall–Kier alpha value is -2.37. The van der Waals surface area contributed by atoms with Gasteiger partial charge in [0.15, 0.2) is 12.6 Å². The summed E-state index contributed by atoms with van der Waals surface area (Å²) in [6, 6.07) is 18.7. The molecule has 9 nitrogen and oxygen atoms in total. The molecule has 35 heavy (non-hydrogen) atoms. The molecule has 2 aromatic carbocycles. The van der Waals surface area contributed by atoms with Crippen molar-refractivity contribution in [3.05, 3.63) is 71.8 Å². The lowest BCUT2D eigenvalue weighted by atomic mass is 9.95. The normalized spacial score (nSPS) is 30.2. The molecular formula is C26H34N2O7. The molecule has 0 aliphatic carbocycles. The minimum atomic E-state index is -1.25. The lowest BCUT2D eigenvalue weighted by molar-refractivity contribution is -0.352. The highest BCUT2D eigenvalue weighted by atomic mass is 16.8. The molecule has 0 radical (unpaired) electrons. The molecule has 2 fully saturated rings. The number of hydrogen-bond donors (Lipinski definition) is 3. The number of nitrogens with one attached hydrogen (secondary N) is 1. The maximum atomic E-state index is 12.2. The number of hydrogen-bond acceptors (Lipinski definition) is 8. The van der Waals surface area contributed by atoms with E-state index in [-0.39, 0.29) is 25.7 Å². The summed E-state index contributed by atoms with van der Waals surface area (Å²) in [7, 11) is 0. The van der Waals surface area contributed by atoms with Crippen molar-refractivity contribution in [2.75, 3.05) is 19.8 Å². The third-order valence-corrected chi connectivity index (χ3v) is 6.06. The Morgan fingerprint density at radius 2 is 1.80 bits per heavy atom. The van der Waals surface area contributed by atoms with E-state index in [0.29, 0.717) is 6.61 Å². The van der Waals surface area contributed by atoms with E-state index >= 15 is 0 Å². The zero-order valence-electron chi connectivity index (χ0n) is 20.0. The molecule has 2 saturated heterocycles. The van der Waals surface area contributed by atoms with E-state index in [9.17, 15) is 9.90 Å². The van der Waals surface area contributed by atoms with E-state index < -0.39 is 42.5 Å². The van der Waals surface area contributed by atoms with Gasteiger partial charge in [0.1, 0.15) is 24.4 Å². The number of nitrogens with two attached hydrogens (primary N) is 1. The van der Waals surface area contributed by atoms with Crippen molar-refractivity contribution in [1.82, 2.24) is 5.32 Å². The molecule has 1 amide bonds. The lowest BCUT2D eigenvalue weighted by Crippen LogP contribution is -2.67. The highest BCUT2D eigenvalue weighted by Crippen LogP contribution is 2.36. The van der Waals surface area contributed by atoms with Crippen molar-refractivity contribution in [2.24, 2.45) is 5.73 Å². The summed E-state index contributed by atoms with van der Waals surface area (Å²) in [6.45, 7) is 3.47. The number of amides is 1. The van der Waals surface area contributed by atoms with Crippen LogP contribution in [0.5, 0.6) is 0 Å². The second-order valence-corrected chi connectivity index (χ2v) is 9.22. The van der Waals surface area contributed by atoms with Gasteiger partial charge in [-0.3, -0.25) is 4.79 Å². The predicted molar refractivity (Wildman–Crippen MR) is 127 cm³/mol. The summed E-state index contributed by atoms with van der Waals surface area (Å²) in [5.41, 5.74) is 6.25. The first-order valence-corrected chi connectivity index (χ1v) is 11.8. The van der Waals surface area contributed by atoms with Crippen LogP contribution in [0, 0.1) is 0 Å². The smallest absolute Gasteiger partial charge is 0.217 e. The standard InChI is InChI=1S/C26H34N2O7/c1-17(29)28-21-23(31-13-18-9-5-3-6-10-18)22-20(34-25(21)33-16-26(2,30)15-27)14-32-24(35-22)19-11-7-4-8-12-19/h3-12,20-25,30H,13-16,27H2,1-2H3,(H,28,29)/t20-,21-,22-,23-,24-,25-,26-/m1/s1. The van der Waals surface area contributed by atoms with Gasteiger partial charge in [0.25, 0.3) is 0 Å². The first-order chi connectivity index (χ1) is 16.9. The van der Waals surface area contributed by atoms with E-state index in [4.69, 9.17) is 29.4 Å². The Balaban J connectivity index is 1.59. The number of ether oxygens (including phenoxy) is 5. The first kappa shape index (κ1) is 25.7. The van der Waals surface area contributed by atoms with Crippen molar-refractivity contribution in [3.8, 4) is 0 Å². The second-order valence-electron chi connectivity index (χ2n) is 9.22. The fraction of sp³-hybridized carbons (Fsp3) is 0.500. The van der Waals surface area contributed by atoms with E-state index in [1.165, 1.54) is 6.92 Å². The molecule has 9 heteroatoms. The van der Waals surface area contributed by atoms with Gasteiger partial charge in [-0.15, -0.1) is 0 Å². The van der Waals surface area contributed by atoms with Gasteiger partial charge in [0, 0.05) is 19.0 Å². The summed E-state index contributed by atoms with van der Waals surface area (Å²) in [5.74, 6) is -0.267. The monoisotopic (exact) mass is 486 g/mol. The highest BCUT2D eigenvalue weighted by molar-refractivity contribution is 5.73. The third kappa shape index (κ3) is 6.65. The minimum absolute atomic E-state index is 0.00942. The Kier molecular flexibility index (Phi) is 8.51. The molecule has 4 N–H and O–H groups in total. The molecule has 2 heterocycles. The SMILES string of the molecule is CC(=O)N[C@H]1[C@H](OC[C@](C)(O)CN)O[C@@H]2CO[C@@H](c3ccccc3)O[C@H]2[C@@H]1OCc1ccccc1. The summed E-state index contributed by atoms with van der Waals surface area (Å²) in [4.78, 5) is 12.2. The number of rotatable bonds is 9. The highest BCUT2D eigenvalue weighted by Gasteiger charge is 2.51. The Morgan fingerprint density at radius 3 is 2.46 bits per heavy atom. The number of aliphatic hydroxyl groups is 1. The van der Waals surface area contributed by atoms with Crippen molar-refractivity contribution >= 4 is 5.91 Å². The van der Waals surface area contributed by atoms with Gasteiger partial charge in [-0.1, -0.05) is 60.7 Å². The van der Waals surface area contributed by atoms with Gasteiger partial charge >= 0.3 is 0 Å². The van der Waals surface area contributed by atoms with Crippen LogP contribution < -0.4 is 11.1 Å². The predicted octanol–water partition coefficient (Wildman–Crippen LogP) is 1.64. The number of fused-ring (bicyclic) bond motifs is 1. The molecular weight excluding hydrogens is 452 g/mol. The molecule has 2 aliphatic heterocycles. The number of carbonyl (C=O) groups is 1. The number of carbonyl (C=O) groups excluding carboxylic acids is 1. The average molecular weight is 487 g/mol. The molecule has 7 atom stereocenters. The first-order valence-electron chi connectivity index (χ1n) is 11.8. The Labute approximate surface area is 205 Å². The zero-order valence-corrected chi connectivity index (χ0v) is 20.0. The molecule has 4 rings (SSSR count). The quantitative estimate of drug-likeness (QED) is 0.489.